The molecule has 0 fully saturated rings. The lowest BCUT2D eigenvalue weighted by Crippen LogP contribution is -2.00. The molecule has 1 aromatic carbocycles. The molecular formula is C13H12N2O. The Morgan fingerprint density at radius 2 is 1.94 bits per heavy atom. The standard InChI is InChI=1S/C13H12N2O/c1-3-4-9-16-13-12-8-6-5-7-11(12)10(2)14-15-13/h5-8H,9H2,1-2H3. The summed E-state index contributed by atoms with van der Waals surface area (Å²) in [5, 5.41) is 10.1. The molecule has 0 atom stereocenters. The summed E-state index contributed by atoms with van der Waals surface area (Å²) < 4.78 is 5.47. The summed E-state index contributed by atoms with van der Waals surface area (Å²) in [5.41, 5.74) is 0.907. The summed E-state index contributed by atoms with van der Waals surface area (Å²) in [6.07, 6.45) is 0. The summed E-state index contributed by atoms with van der Waals surface area (Å²) in [6, 6.07) is 7.93. The minimum atomic E-state index is 0.345. The number of aromatic nitrogens is 2. The molecule has 1 heterocycles. The van der Waals surface area contributed by atoms with Crippen molar-refractivity contribution in [3.8, 4) is 17.7 Å². The van der Waals surface area contributed by atoms with Crippen molar-refractivity contribution < 1.29 is 4.74 Å². The predicted octanol–water partition coefficient (Wildman–Crippen LogP) is 2.34. The van der Waals surface area contributed by atoms with E-state index in [9.17, 15) is 0 Å². The topological polar surface area (TPSA) is 35.0 Å². The molecule has 0 saturated carbocycles. The second-order valence-electron chi connectivity index (χ2n) is 3.35. The molecule has 0 unspecified atom stereocenters. The van der Waals surface area contributed by atoms with E-state index in [2.05, 4.69) is 22.0 Å². The smallest absolute Gasteiger partial charge is 0.242 e. The van der Waals surface area contributed by atoms with E-state index >= 15 is 0 Å². The molecule has 0 radical (unpaired) electrons. The quantitative estimate of drug-likeness (QED) is 0.717. The number of benzene rings is 1. The SMILES string of the molecule is CC#CCOc1nnc(C)c2ccccc12. The van der Waals surface area contributed by atoms with Crippen molar-refractivity contribution >= 4 is 10.8 Å². The molecule has 0 N–H and O–H groups in total. The molecule has 0 aliphatic rings. The van der Waals surface area contributed by atoms with Gasteiger partial charge in [-0.2, -0.15) is 5.10 Å². The zero-order valence-corrected chi connectivity index (χ0v) is 9.32. The second kappa shape index (κ2) is 4.63. The summed E-state index contributed by atoms with van der Waals surface area (Å²) in [7, 11) is 0. The molecule has 0 bridgehead atoms. The monoisotopic (exact) mass is 212 g/mol. The van der Waals surface area contributed by atoms with Crippen LogP contribution >= 0.6 is 0 Å². The highest BCUT2D eigenvalue weighted by Gasteiger charge is 2.05. The number of hydrogen-bond donors (Lipinski definition) is 0. The number of aryl methyl sites for hydroxylation is 1. The lowest BCUT2D eigenvalue weighted by atomic mass is 10.1. The van der Waals surface area contributed by atoms with Crippen LogP contribution in [0, 0.1) is 18.8 Å². The number of hydrogen-bond acceptors (Lipinski definition) is 3. The van der Waals surface area contributed by atoms with Crippen LogP contribution in [0.3, 0.4) is 0 Å². The first-order valence-corrected chi connectivity index (χ1v) is 5.07. The molecule has 0 aliphatic heterocycles. The Morgan fingerprint density at radius 1 is 1.19 bits per heavy atom. The maximum atomic E-state index is 5.47. The van der Waals surface area contributed by atoms with E-state index in [1.165, 1.54) is 0 Å². The molecule has 0 aliphatic carbocycles. The van der Waals surface area contributed by atoms with Crippen molar-refractivity contribution in [2.75, 3.05) is 6.61 Å². The minimum absolute atomic E-state index is 0.345. The van der Waals surface area contributed by atoms with E-state index in [4.69, 9.17) is 4.74 Å². The first-order valence-electron chi connectivity index (χ1n) is 5.07. The van der Waals surface area contributed by atoms with E-state index in [-0.39, 0.29) is 0 Å². The van der Waals surface area contributed by atoms with Crippen LogP contribution in [-0.2, 0) is 0 Å². The Morgan fingerprint density at radius 3 is 2.69 bits per heavy atom. The zero-order chi connectivity index (χ0) is 11.4. The molecule has 80 valence electrons. The van der Waals surface area contributed by atoms with Crippen molar-refractivity contribution in [1.82, 2.24) is 10.2 Å². The van der Waals surface area contributed by atoms with Gasteiger partial charge in [0.1, 0.15) is 0 Å². The first-order chi connectivity index (χ1) is 7.83. The summed E-state index contributed by atoms with van der Waals surface area (Å²) >= 11 is 0. The highest BCUT2D eigenvalue weighted by molar-refractivity contribution is 5.88. The van der Waals surface area contributed by atoms with Crippen LogP contribution in [0.1, 0.15) is 12.6 Å². The fourth-order valence-electron chi connectivity index (χ4n) is 1.50. The van der Waals surface area contributed by atoms with Gasteiger partial charge in [-0.05, 0) is 19.9 Å². The van der Waals surface area contributed by atoms with Gasteiger partial charge in [-0.3, -0.25) is 0 Å². The highest BCUT2D eigenvalue weighted by Crippen LogP contribution is 2.23. The molecule has 3 heteroatoms. The van der Waals surface area contributed by atoms with Gasteiger partial charge in [0.25, 0.3) is 0 Å². The van der Waals surface area contributed by atoms with Crippen LogP contribution in [0.5, 0.6) is 5.88 Å². The van der Waals surface area contributed by atoms with Gasteiger partial charge in [0.05, 0.1) is 5.69 Å². The lowest BCUT2D eigenvalue weighted by molar-refractivity contribution is 0.355. The van der Waals surface area contributed by atoms with Gasteiger partial charge in [-0.1, -0.05) is 24.1 Å². The lowest BCUT2D eigenvalue weighted by Gasteiger charge is -2.06. The Hall–Kier alpha value is -2.08. The van der Waals surface area contributed by atoms with Crippen molar-refractivity contribution in [2.45, 2.75) is 13.8 Å². The van der Waals surface area contributed by atoms with Gasteiger partial charge in [0, 0.05) is 10.8 Å². The fraction of sp³-hybridized carbons (Fsp3) is 0.231. The number of fused-ring (bicyclic) bond motifs is 1. The van der Waals surface area contributed by atoms with Crippen molar-refractivity contribution in [3.05, 3.63) is 30.0 Å². The van der Waals surface area contributed by atoms with E-state index < -0.39 is 0 Å². The third-order valence-electron chi connectivity index (χ3n) is 2.30. The zero-order valence-electron chi connectivity index (χ0n) is 9.32. The van der Waals surface area contributed by atoms with E-state index in [1.807, 2.05) is 31.2 Å². The molecule has 0 saturated heterocycles. The average Bonchev–Trinajstić information content (AvgIpc) is 2.33. The third kappa shape index (κ3) is 1.96. The van der Waals surface area contributed by atoms with Gasteiger partial charge in [0.2, 0.25) is 5.88 Å². The number of nitrogens with zero attached hydrogens (tertiary/aromatic N) is 2. The molecule has 0 spiro atoms. The second-order valence-corrected chi connectivity index (χ2v) is 3.35. The van der Waals surface area contributed by atoms with Crippen LogP contribution < -0.4 is 4.74 Å². The van der Waals surface area contributed by atoms with Gasteiger partial charge in [0.15, 0.2) is 6.61 Å². The van der Waals surface area contributed by atoms with Crippen LogP contribution in [0.25, 0.3) is 10.8 Å². The Bertz CT molecular complexity index is 567. The molecule has 0 amide bonds. The number of ether oxygens (including phenoxy) is 1. The van der Waals surface area contributed by atoms with Crippen molar-refractivity contribution in [3.63, 3.8) is 0 Å². The van der Waals surface area contributed by atoms with Crippen LogP contribution in [-0.4, -0.2) is 16.8 Å². The summed E-state index contributed by atoms with van der Waals surface area (Å²) in [6.45, 7) is 4.06. The Balaban J connectivity index is 2.44. The third-order valence-corrected chi connectivity index (χ3v) is 2.30. The van der Waals surface area contributed by atoms with Crippen LogP contribution in [0.2, 0.25) is 0 Å². The molecule has 2 aromatic rings. The van der Waals surface area contributed by atoms with Gasteiger partial charge < -0.3 is 4.74 Å². The van der Waals surface area contributed by atoms with Gasteiger partial charge in [-0.15, -0.1) is 11.0 Å². The predicted molar refractivity (Wildman–Crippen MR) is 63.2 cm³/mol. The van der Waals surface area contributed by atoms with Crippen LogP contribution in [0.15, 0.2) is 24.3 Å². The molecule has 2 rings (SSSR count). The normalized spacial score (nSPS) is 9.62. The molecular weight excluding hydrogens is 200 g/mol. The maximum Gasteiger partial charge on any atom is 0.242 e. The van der Waals surface area contributed by atoms with Gasteiger partial charge >= 0.3 is 0 Å². The van der Waals surface area contributed by atoms with E-state index in [0.717, 1.165) is 16.5 Å². The fourth-order valence-corrected chi connectivity index (χ4v) is 1.50. The van der Waals surface area contributed by atoms with E-state index in [1.54, 1.807) is 6.92 Å². The number of rotatable bonds is 2. The summed E-state index contributed by atoms with van der Waals surface area (Å²) in [5.74, 6) is 6.16. The summed E-state index contributed by atoms with van der Waals surface area (Å²) in [4.78, 5) is 0. The minimum Gasteiger partial charge on any atom is -0.463 e. The Kier molecular flexibility index (Phi) is 3.02. The van der Waals surface area contributed by atoms with Gasteiger partial charge in [-0.25, -0.2) is 0 Å². The average molecular weight is 212 g/mol. The maximum absolute atomic E-state index is 5.47. The van der Waals surface area contributed by atoms with Crippen molar-refractivity contribution in [2.24, 2.45) is 0 Å². The Labute approximate surface area is 94.5 Å². The molecule has 1 aromatic heterocycles. The van der Waals surface area contributed by atoms with Crippen molar-refractivity contribution in [1.29, 1.82) is 0 Å². The largest absolute Gasteiger partial charge is 0.463 e. The molecule has 3 nitrogen and oxygen atoms in total. The molecule has 16 heavy (non-hydrogen) atoms. The highest BCUT2D eigenvalue weighted by atomic mass is 16.5. The first kappa shape index (κ1) is 10.4. The van der Waals surface area contributed by atoms with Crippen LogP contribution in [0.4, 0.5) is 0 Å². The van der Waals surface area contributed by atoms with E-state index in [0.29, 0.717) is 12.5 Å².